The van der Waals surface area contributed by atoms with Crippen molar-refractivity contribution in [3.8, 4) is 11.4 Å². The van der Waals surface area contributed by atoms with Crippen LogP contribution in [-0.2, 0) is 21.4 Å². The lowest BCUT2D eigenvalue weighted by Crippen LogP contribution is -2.40. The Morgan fingerprint density at radius 2 is 1.85 bits per heavy atom. The molecular weight excluding hydrogens is 332 g/mol. The number of morpholine rings is 1. The number of benzene rings is 1. The molecule has 2 N–H and O–H groups in total. The maximum absolute atomic E-state index is 6.05. The van der Waals surface area contributed by atoms with E-state index in [-0.39, 0.29) is 5.41 Å². The van der Waals surface area contributed by atoms with Crippen molar-refractivity contribution >= 4 is 0 Å². The van der Waals surface area contributed by atoms with Crippen LogP contribution in [0.5, 0.6) is 0 Å². The first-order chi connectivity index (χ1) is 12.8. The molecule has 140 valence electrons. The lowest BCUT2D eigenvalue weighted by atomic mass is 9.80. The van der Waals surface area contributed by atoms with Crippen LogP contribution >= 0.6 is 0 Å². The van der Waals surface area contributed by atoms with Gasteiger partial charge in [-0.3, -0.25) is 4.90 Å². The molecule has 0 unspecified atom stereocenters. The maximum atomic E-state index is 6.05. The van der Waals surface area contributed by atoms with Crippen molar-refractivity contribution in [1.82, 2.24) is 15.0 Å². The van der Waals surface area contributed by atoms with Crippen molar-refractivity contribution in [3.05, 3.63) is 35.7 Å². The summed E-state index contributed by atoms with van der Waals surface area (Å²) in [6.45, 7) is 6.32. The van der Waals surface area contributed by atoms with Crippen molar-refractivity contribution in [2.75, 3.05) is 46.1 Å². The van der Waals surface area contributed by atoms with Gasteiger partial charge in [0, 0.05) is 45.0 Å². The fourth-order valence-electron chi connectivity index (χ4n) is 3.65. The first-order valence-electron chi connectivity index (χ1n) is 9.30. The van der Waals surface area contributed by atoms with Gasteiger partial charge in [0.25, 0.3) is 0 Å². The summed E-state index contributed by atoms with van der Waals surface area (Å²) < 4.78 is 16.5. The van der Waals surface area contributed by atoms with Gasteiger partial charge in [0.15, 0.2) is 0 Å². The van der Waals surface area contributed by atoms with Crippen LogP contribution in [0.1, 0.15) is 24.3 Å². The molecule has 0 amide bonds. The van der Waals surface area contributed by atoms with E-state index in [1.165, 1.54) is 5.56 Å². The number of nitrogens with zero attached hydrogens (tertiary/aromatic N) is 3. The third kappa shape index (κ3) is 3.66. The summed E-state index contributed by atoms with van der Waals surface area (Å²) in [6, 6.07) is 8.36. The van der Waals surface area contributed by atoms with Crippen molar-refractivity contribution in [2.24, 2.45) is 5.73 Å². The van der Waals surface area contributed by atoms with Gasteiger partial charge in [-0.2, -0.15) is 4.98 Å². The van der Waals surface area contributed by atoms with Gasteiger partial charge in [-0.15, -0.1) is 0 Å². The van der Waals surface area contributed by atoms with Gasteiger partial charge in [-0.1, -0.05) is 23.4 Å². The predicted molar refractivity (Wildman–Crippen MR) is 96.6 cm³/mol. The summed E-state index contributed by atoms with van der Waals surface area (Å²) >= 11 is 0. The highest BCUT2D eigenvalue weighted by Gasteiger charge is 2.38. The van der Waals surface area contributed by atoms with Crippen molar-refractivity contribution in [2.45, 2.75) is 24.8 Å². The first kappa shape index (κ1) is 17.6. The number of ether oxygens (including phenoxy) is 2. The monoisotopic (exact) mass is 358 g/mol. The fourth-order valence-corrected chi connectivity index (χ4v) is 3.65. The maximum Gasteiger partial charge on any atom is 0.234 e. The highest BCUT2D eigenvalue weighted by molar-refractivity contribution is 5.55. The summed E-state index contributed by atoms with van der Waals surface area (Å²) in [7, 11) is 0. The van der Waals surface area contributed by atoms with Gasteiger partial charge in [0.05, 0.1) is 18.6 Å². The van der Waals surface area contributed by atoms with Crippen LogP contribution in [0, 0.1) is 0 Å². The molecule has 0 spiro atoms. The highest BCUT2D eigenvalue weighted by Crippen LogP contribution is 2.33. The van der Waals surface area contributed by atoms with Gasteiger partial charge in [-0.25, -0.2) is 0 Å². The molecule has 2 aromatic rings. The van der Waals surface area contributed by atoms with E-state index in [9.17, 15) is 0 Å². The SMILES string of the molecule is NCC1(c2nc(-c3cccc(CN4CCOCC4)c3)no2)CCOCC1. The molecule has 2 aliphatic heterocycles. The molecule has 7 heteroatoms. The zero-order valence-electron chi connectivity index (χ0n) is 15.0. The van der Waals surface area contributed by atoms with E-state index < -0.39 is 0 Å². The standard InChI is InChI=1S/C19H26N4O3/c20-14-19(4-8-24-9-5-19)18-21-17(22-26-18)16-3-1-2-15(12-16)13-23-6-10-25-11-7-23/h1-3,12H,4-11,13-14,20H2. The average Bonchev–Trinajstić information content (AvgIpc) is 3.20. The third-order valence-corrected chi connectivity index (χ3v) is 5.42. The molecule has 26 heavy (non-hydrogen) atoms. The van der Waals surface area contributed by atoms with Crippen LogP contribution in [0.3, 0.4) is 0 Å². The van der Waals surface area contributed by atoms with Gasteiger partial charge in [0.1, 0.15) is 0 Å². The molecule has 4 rings (SSSR count). The molecule has 0 bridgehead atoms. The van der Waals surface area contributed by atoms with Gasteiger partial charge in [-0.05, 0) is 24.5 Å². The zero-order chi connectivity index (χ0) is 17.8. The minimum atomic E-state index is -0.255. The predicted octanol–water partition coefficient (Wildman–Crippen LogP) is 1.58. The average molecular weight is 358 g/mol. The number of hydrogen-bond donors (Lipinski definition) is 1. The van der Waals surface area contributed by atoms with E-state index >= 15 is 0 Å². The van der Waals surface area contributed by atoms with E-state index in [2.05, 4.69) is 27.2 Å². The molecule has 1 aromatic heterocycles. The van der Waals surface area contributed by atoms with Crippen LogP contribution in [0.4, 0.5) is 0 Å². The second-order valence-corrected chi connectivity index (χ2v) is 7.11. The van der Waals surface area contributed by atoms with E-state index in [1.54, 1.807) is 0 Å². The lowest BCUT2D eigenvalue weighted by molar-refractivity contribution is 0.0342. The summed E-state index contributed by atoms with van der Waals surface area (Å²) in [6.07, 6.45) is 1.64. The Labute approximate surface area is 153 Å². The Balaban J connectivity index is 1.52. The number of hydrogen-bond acceptors (Lipinski definition) is 7. The highest BCUT2D eigenvalue weighted by atomic mass is 16.5. The molecular formula is C19H26N4O3. The summed E-state index contributed by atoms with van der Waals surface area (Å²) in [4.78, 5) is 7.09. The molecule has 0 aliphatic carbocycles. The Morgan fingerprint density at radius 3 is 2.62 bits per heavy atom. The van der Waals surface area contributed by atoms with E-state index in [1.807, 2.05) is 12.1 Å². The number of nitrogens with two attached hydrogens (primary N) is 1. The molecule has 0 saturated carbocycles. The molecule has 0 atom stereocenters. The fraction of sp³-hybridized carbons (Fsp3) is 0.579. The van der Waals surface area contributed by atoms with Gasteiger partial charge in [0.2, 0.25) is 11.7 Å². The summed E-state index contributed by atoms with van der Waals surface area (Å²) in [5.41, 5.74) is 8.01. The van der Waals surface area contributed by atoms with Crippen LogP contribution < -0.4 is 5.73 Å². The lowest BCUT2D eigenvalue weighted by Gasteiger charge is -2.32. The largest absolute Gasteiger partial charge is 0.381 e. The summed E-state index contributed by atoms with van der Waals surface area (Å²) in [5, 5.41) is 4.23. The number of rotatable bonds is 5. The Hall–Kier alpha value is -1.80. The van der Waals surface area contributed by atoms with Crippen LogP contribution in [-0.4, -0.2) is 61.1 Å². The van der Waals surface area contributed by atoms with Crippen LogP contribution in [0.15, 0.2) is 28.8 Å². The molecule has 2 fully saturated rings. The van der Waals surface area contributed by atoms with Crippen molar-refractivity contribution in [3.63, 3.8) is 0 Å². The first-order valence-corrected chi connectivity index (χ1v) is 9.30. The quantitative estimate of drug-likeness (QED) is 0.868. The second-order valence-electron chi connectivity index (χ2n) is 7.11. The molecule has 2 saturated heterocycles. The molecule has 1 aromatic carbocycles. The molecule has 2 aliphatic rings. The van der Waals surface area contributed by atoms with Gasteiger partial charge >= 0.3 is 0 Å². The van der Waals surface area contributed by atoms with Crippen molar-refractivity contribution < 1.29 is 14.0 Å². The van der Waals surface area contributed by atoms with Crippen LogP contribution in [0.25, 0.3) is 11.4 Å². The van der Waals surface area contributed by atoms with E-state index in [0.717, 1.165) is 51.3 Å². The van der Waals surface area contributed by atoms with E-state index in [0.29, 0.717) is 31.5 Å². The zero-order valence-corrected chi connectivity index (χ0v) is 15.0. The second kappa shape index (κ2) is 7.84. The Morgan fingerprint density at radius 1 is 1.08 bits per heavy atom. The Bertz CT molecular complexity index is 721. The number of aromatic nitrogens is 2. The third-order valence-electron chi connectivity index (χ3n) is 5.42. The molecule has 0 radical (unpaired) electrons. The smallest absolute Gasteiger partial charge is 0.234 e. The minimum absolute atomic E-state index is 0.255. The molecule has 7 nitrogen and oxygen atoms in total. The van der Waals surface area contributed by atoms with Gasteiger partial charge < -0.3 is 19.7 Å². The molecule has 3 heterocycles. The minimum Gasteiger partial charge on any atom is -0.381 e. The summed E-state index contributed by atoms with van der Waals surface area (Å²) in [5.74, 6) is 1.26. The van der Waals surface area contributed by atoms with Crippen LogP contribution in [0.2, 0.25) is 0 Å². The normalized spacial score (nSPS) is 21.0. The Kier molecular flexibility index (Phi) is 5.31. The van der Waals surface area contributed by atoms with Crippen molar-refractivity contribution in [1.29, 1.82) is 0 Å². The van der Waals surface area contributed by atoms with E-state index in [4.69, 9.17) is 19.7 Å². The topological polar surface area (TPSA) is 86.6 Å².